The van der Waals surface area contributed by atoms with Gasteiger partial charge in [0.2, 0.25) is 47.3 Å². The first-order valence-electron chi connectivity index (χ1n) is 41.6. The number of phosphoric ester groups is 1. The van der Waals surface area contributed by atoms with E-state index in [2.05, 4.69) is 36.4 Å². The molecule has 118 heavy (non-hydrogen) atoms. The van der Waals surface area contributed by atoms with Crippen LogP contribution in [-0.4, -0.2) is 379 Å². The van der Waals surface area contributed by atoms with Crippen molar-refractivity contribution in [1.29, 1.82) is 0 Å². The van der Waals surface area contributed by atoms with Crippen LogP contribution in [0.5, 0.6) is 0 Å². The van der Waals surface area contributed by atoms with E-state index in [1.54, 1.807) is 4.90 Å². The van der Waals surface area contributed by atoms with E-state index in [-0.39, 0.29) is 217 Å². The first-order chi connectivity index (χ1) is 56.6. The van der Waals surface area contributed by atoms with Crippen molar-refractivity contribution >= 4 is 55.1 Å². The largest absolute Gasteiger partial charge is 0.756 e. The predicted molar refractivity (Wildman–Crippen MR) is 410 cm³/mol. The molecule has 0 aromatic heterocycles. The second-order valence-corrected chi connectivity index (χ2v) is 31.7. The van der Waals surface area contributed by atoms with E-state index in [4.69, 9.17) is 47.2 Å². The molecule has 19 N–H and O–H groups in total. The number of aliphatic hydroxyl groups is 13. The van der Waals surface area contributed by atoms with Crippen molar-refractivity contribution in [2.45, 2.75) is 283 Å². The maximum atomic E-state index is 14.2. The molecule has 5 aliphatic heterocycles. The van der Waals surface area contributed by atoms with E-state index < -0.39 is 150 Å². The molecule has 0 spiro atoms. The lowest BCUT2D eigenvalue weighted by Gasteiger charge is -2.43. The highest BCUT2D eigenvalue weighted by Gasteiger charge is 2.47. The van der Waals surface area contributed by atoms with Crippen molar-refractivity contribution in [2.75, 3.05) is 139 Å². The fourth-order valence-electron chi connectivity index (χ4n) is 13.9. The van der Waals surface area contributed by atoms with Crippen LogP contribution in [-0.2, 0) is 94.6 Å². The third-order valence-corrected chi connectivity index (χ3v) is 21.7. The normalized spacial score (nSPS) is 28.4. The number of carbonyl (C=O) groups excluding carboxylic acids is 8. The van der Waals surface area contributed by atoms with Gasteiger partial charge in [-0.2, -0.15) is 0 Å². The number of hydrogen-bond donors (Lipinski definition) is 19. The Kier molecular flexibility index (Phi) is 51.0. The Hall–Kier alpha value is -5.01. The van der Waals surface area contributed by atoms with Gasteiger partial charge in [-0.1, -0.05) is 38.5 Å². The number of carbonyl (C=O) groups is 8. The highest BCUT2D eigenvalue weighted by molar-refractivity contribution is 7.45. The Morgan fingerprint density at radius 3 is 1.14 bits per heavy atom. The molecule has 0 aromatic carbocycles. The zero-order valence-corrected chi connectivity index (χ0v) is 68.7. The third kappa shape index (κ3) is 38.8. The summed E-state index contributed by atoms with van der Waals surface area (Å²) in [5.41, 5.74) is 0. The fourth-order valence-corrected chi connectivity index (χ4v) is 14.3. The number of aliphatic hydroxyl groups excluding tert-OH is 13. The average molecular weight is 1720 g/mol. The maximum absolute atomic E-state index is 14.2. The molecule has 5 saturated heterocycles. The minimum atomic E-state index is -4.51. The van der Waals surface area contributed by atoms with Crippen molar-refractivity contribution in [3.63, 3.8) is 0 Å². The number of amides is 8. The van der Waals surface area contributed by atoms with Gasteiger partial charge in [-0.3, -0.25) is 42.9 Å². The summed E-state index contributed by atoms with van der Waals surface area (Å²) in [4.78, 5) is 119. The Labute approximate surface area is 688 Å². The van der Waals surface area contributed by atoms with Crippen molar-refractivity contribution in [3.8, 4) is 0 Å². The Balaban J connectivity index is 1.11. The number of piperidine rings is 1. The highest BCUT2D eigenvalue weighted by Crippen LogP contribution is 2.38. The Morgan fingerprint density at radius 2 is 0.746 bits per heavy atom. The van der Waals surface area contributed by atoms with Gasteiger partial charge in [-0.25, -0.2) is 0 Å². The second-order valence-electron chi connectivity index (χ2n) is 30.2. The molecule has 1 unspecified atom stereocenters. The molecule has 42 nitrogen and oxygen atoms in total. The van der Waals surface area contributed by atoms with Crippen LogP contribution in [0.1, 0.15) is 167 Å². The summed E-state index contributed by atoms with van der Waals surface area (Å²) in [5.74, 6) is -2.76. The number of ether oxygens (including phenoxy) is 9. The molecule has 0 aromatic rings. The molecule has 0 radical (unpaired) electrons. The SMILES string of the molecule is COP(=O)([O-])OC[C@@H]1C[C@@H](O)CN1C(=O)CCCCCCCCCCC(=O)N1C[C@H](COCCC(=O)NCCCNC(=O)CCCCO[C@@H]2O[C@H](CO)[C@H](O)[C@H](O)[C@H]2O)[C@@H](OCCC(=O)NCCCNC(=O)CCCCO[C@@H]2O[C@H](CO)[C@H](O)[C@H](O)[C@H]2O)[C@H](OCCC(=O)NCCCNC(=O)CCCCO[C@@H]2O[C@H](CO)[C@H](O)[C@H](O)[C@H]2O)C1. The van der Waals surface area contributed by atoms with Crippen LogP contribution in [0.15, 0.2) is 0 Å². The van der Waals surface area contributed by atoms with Gasteiger partial charge < -0.3 is 165 Å². The van der Waals surface area contributed by atoms with Crippen molar-refractivity contribution in [3.05, 3.63) is 0 Å². The monoisotopic (exact) mass is 1720 g/mol. The number of phosphoric acid groups is 1. The summed E-state index contributed by atoms with van der Waals surface area (Å²) in [7, 11) is -3.54. The summed E-state index contributed by atoms with van der Waals surface area (Å²) in [6.45, 7) is -0.556. The summed E-state index contributed by atoms with van der Waals surface area (Å²) in [6.07, 6.45) is -13.1. The Bertz CT molecular complexity index is 2930. The van der Waals surface area contributed by atoms with Crippen molar-refractivity contribution in [2.24, 2.45) is 5.92 Å². The summed E-state index contributed by atoms with van der Waals surface area (Å²) in [5, 5.41) is 146. The zero-order valence-electron chi connectivity index (χ0n) is 67.8. The zero-order chi connectivity index (χ0) is 86.4. The molecular weight excluding hydrogens is 1590 g/mol. The van der Waals surface area contributed by atoms with Gasteiger partial charge >= 0.3 is 0 Å². The van der Waals surface area contributed by atoms with E-state index in [0.29, 0.717) is 70.6 Å². The second kappa shape index (κ2) is 58.2. The minimum Gasteiger partial charge on any atom is -0.756 e. The van der Waals surface area contributed by atoms with Crippen LogP contribution >= 0.6 is 7.82 Å². The molecule has 5 heterocycles. The number of hydrogen-bond acceptors (Lipinski definition) is 34. The van der Waals surface area contributed by atoms with E-state index in [1.165, 1.54) is 4.90 Å². The quantitative estimate of drug-likeness (QED) is 0.0199. The third-order valence-electron chi connectivity index (χ3n) is 20.8. The molecule has 8 amide bonds. The van der Waals surface area contributed by atoms with Crippen LogP contribution in [0.3, 0.4) is 0 Å². The van der Waals surface area contributed by atoms with Crippen LogP contribution < -0.4 is 36.8 Å². The molecule has 5 fully saturated rings. The minimum absolute atomic E-state index is 0.0229. The molecule has 43 heteroatoms. The Morgan fingerprint density at radius 1 is 0.390 bits per heavy atom. The predicted octanol–water partition coefficient (Wildman–Crippen LogP) is -5.78. The standard InChI is InChI=1S/C75H135N8O34P/c1-107-118(105,106)114-47-49-39-50(87)41-83(49)62(95)23-9-7-5-3-2-4-6-8-22-61(94)82-40-48(46-108-36-24-58(91)79-30-16-27-76-55(88)19-10-13-33-111-73-69(102)66(99)63(96)52(43-84)115-73)72(110-38-26-60(93)81-32-18-29-78-57(90)21-12-15-35-113-75-71(104)68(101)65(98)54(45-86)117-75)51(42-82)109-37-25-59(92)80-31-17-28-77-56(89)20-11-14-34-112-74-70(103)67(100)64(97)53(44-85)116-74/h48-54,63-75,84-87,96-104H,2-47H2,1H3,(H,76,88)(H,77,89)(H,78,90)(H,79,91)(H,80,92)(H,81,93)(H,105,106)/p-1/t48-,49+,50-,51-,52-,53-,54-,63+,64+,65+,66+,67+,68+,69-,70-,71-,72-,73-,74-,75-/m1/s1. The molecular formula is C75H134N8O34P-. The molecule has 0 aliphatic carbocycles. The molecule has 0 saturated carbocycles. The van der Waals surface area contributed by atoms with Gasteiger partial charge in [0.05, 0.1) is 71.1 Å². The maximum Gasteiger partial charge on any atom is 0.267 e. The van der Waals surface area contributed by atoms with E-state index in [0.717, 1.165) is 45.6 Å². The van der Waals surface area contributed by atoms with E-state index in [9.17, 15) is 114 Å². The van der Waals surface area contributed by atoms with Gasteiger partial charge in [0.25, 0.3) is 7.82 Å². The number of rotatable bonds is 61. The topological polar surface area (TPSA) is 620 Å². The van der Waals surface area contributed by atoms with Crippen LogP contribution in [0.25, 0.3) is 0 Å². The van der Waals surface area contributed by atoms with Gasteiger partial charge in [0, 0.05) is 143 Å². The number of likely N-dealkylation sites (tertiary alicyclic amines) is 2. The number of nitrogens with zero attached hydrogens (tertiary/aromatic N) is 2. The molecule has 0 bridgehead atoms. The van der Waals surface area contributed by atoms with Gasteiger partial charge in [0.15, 0.2) is 18.9 Å². The van der Waals surface area contributed by atoms with Gasteiger partial charge in [0.1, 0.15) is 79.4 Å². The average Bonchev–Trinajstić information content (AvgIpc) is 1.21. The van der Waals surface area contributed by atoms with Crippen LogP contribution in [0, 0.1) is 5.92 Å². The lowest BCUT2D eigenvalue weighted by molar-refractivity contribution is -0.301. The van der Waals surface area contributed by atoms with Crippen LogP contribution in [0.2, 0.25) is 0 Å². The first kappa shape index (κ1) is 104. The molecule has 21 atom stereocenters. The fraction of sp³-hybridized carbons (Fsp3) is 0.893. The lowest BCUT2D eigenvalue weighted by Crippen LogP contribution is -2.59. The smallest absolute Gasteiger partial charge is 0.267 e. The molecule has 684 valence electrons. The van der Waals surface area contributed by atoms with E-state index >= 15 is 0 Å². The van der Waals surface area contributed by atoms with E-state index in [1.807, 2.05) is 0 Å². The van der Waals surface area contributed by atoms with Crippen molar-refractivity contribution in [1.82, 2.24) is 41.7 Å². The summed E-state index contributed by atoms with van der Waals surface area (Å²) in [6, 6.07) is -0.599. The highest BCUT2D eigenvalue weighted by atomic mass is 31.2. The lowest BCUT2D eigenvalue weighted by atomic mass is 9.92. The van der Waals surface area contributed by atoms with Crippen LogP contribution in [0.4, 0.5) is 0 Å². The summed E-state index contributed by atoms with van der Waals surface area (Å²) >= 11 is 0. The molecule has 5 aliphatic rings. The number of β-amino-alcohol motifs (C(OH)–C–C–N with tert-alkyl or cyclic N) is 1. The number of nitrogens with one attached hydrogen (secondary N) is 6. The summed E-state index contributed by atoms with van der Waals surface area (Å²) < 4.78 is 72.5. The number of unbranched alkanes of at least 4 members (excludes halogenated alkanes) is 10. The van der Waals surface area contributed by atoms with Gasteiger partial charge in [-0.05, 0) is 77.0 Å². The molecule has 5 rings (SSSR count). The van der Waals surface area contributed by atoms with Crippen molar-refractivity contribution < 1.29 is 166 Å². The van der Waals surface area contributed by atoms with Gasteiger partial charge in [-0.15, -0.1) is 0 Å². The first-order valence-corrected chi connectivity index (χ1v) is 43.0.